The van der Waals surface area contributed by atoms with Gasteiger partial charge in [0.15, 0.2) is 5.82 Å². The molecule has 5 heteroatoms. The quantitative estimate of drug-likeness (QED) is 0.932. The van der Waals surface area contributed by atoms with Crippen LogP contribution in [-0.4, -0.2) is 36.4 Å². The third-order valence-corrected chi connectivity index (χ3v) is 4.14. The monoisotopic (exact) mass is 287 g/mol. The minimum atomic E-state index is 0.141. The van der Waals surface area contributed by atoms with Gasteiger partial charge in [0.25, 0.3) is 0 Å². The maximum atomic E-state index is 5.55. The highest BCUT2D eigenvalue weighted by Gasteiger charge is 2.30. The van der Waals surface area contributed by atoms with Gasteiger partial charge in [0.05, 0.1) is 12.5 Å². The first-order valence-corrected chi connectivity index (χ1v) is 7.40. The molecule has 1 aliphatic heterocycles. The number of hydrogen-bond donors (Lipinski definition) is 1. The highest BCUT2D eigenvalue weighted by Crippen LogP contribution is 2.25. The number of nitrogens with zero attached hydrogens (tertiary/aromatic N) is 2. The lowest BCUT2D eigenvalue weighted by Gasteiger charge is -2.28. The van der Waals surface area contributed by atoms with Gasteiger partial charge in [-0.2, -0.15) is 4.98 Å². The van der Waals surface area contributed by atoms with E-state index in [1.54, 1.807) is 0 Å². The van der Waals surface area contributed by atoms with Crippen molar-refractivity contribution in [2.24, 2.45) is 0 Å². The van der Waals surface area contributed by atoms with Gasteiger partial charge >= 0.3 is 0 Å². The Bertz CT molecular complexity index is 597. The summed E-state index contributed by atoms with van der Waals surface area (Å²) in [4.78, 5) is 4.57. The second-order valence-corrected chi connectivity index (χ2v) is 5.52. The maximum absolute atomic E-state index is 5.55. The molecule has 1 fully saturated rings. The number of likely N-dealkylation sites (N-methyl/N-ethyl adjacent to an activating group) is 1. The van der Waals surface area contributed by atoms with Crippen molar-refractivity contribution in [3.8, 4) is 0 Å². The molecule has 0 saturated carbocycles. The van der Waals surface area contributed by atoms with Gasteiger partial charge in [-0.05, 0) is 31.5 Å². The zero-order valence-corrected chi connectivity index (χ0v) is 12.5. The van der Waals surface area contributed by atoms with E-state index in [-0.39, 0.29) is 5.92 Å². The number of hydrogen-bond acceptors (Lipinski definition) is 5. The molecule has 1 N–H and O–H groups in total. The van der Waals surface area contributed by atoms with Crippen LogP contribution in [0.3, 0.4) is 0 Å². The summed E-state index contributed by atoms with van der Waals surface area (Å²) in [6, 6.07) is 8.62. The van der Waals surface area contributed by atoms with E-state index in [4.69, 9.17) is 9.26 Å². The number of ether oxygens (including phenoxy) is 1. The van der Waals surface area contributed by atoms with Gasteiger partial charge in [0.1, 0.15) is 0 Å². The molecule has 0 amide bonds. The number of aryl methyl sites for hydroxylation is 1. The van der Waals surface area contributed by atoms with E-state index in [1.165, 1.54) is 11.1 Å². The molecule has 2 heterocycles. The minimum absolute atomic E-state index is 0.141. The predicted molar refractivity (Wildman–Crippen MR) is 79.3 cm³/mol. The van der Waals surface area contributed by atoms with Crippen molar-refractivity contribution in [1.82, 2.24) is 15.5 Å². The van der Waals surface area contributed by atoms with E-state index < -0.39 is 0 Å². The van der Waals surface area contributed by atoms with Gasteiger partial charge in [-0.25, -0.2) is 0 Å². The van der Waals surface area contributed by atoms with E-state index in [1.807, 2.05) is 19.2 Å². The Morgan fingerprint density at radius 2 is 2.19 bits per heavy atom. The Kier molecular flexibility index (Phi) is 4.31. The van der Waals surface area contributed by atoms with E-state index in [0.717, 1.165) is 18.9 Å². The third-order valence-electron chi connectivity index (χ3n) is 4.14. The van der Waals surface area contributed by atoms with Gasteiger partial charge in [-0.3, -0.25) is 0 Å². The molecule has 0 radical (unpaired) electrons. The second kappa shape index (κ2) is 6.37. The van der Waals surface area contributed by atoms with Crippen LogP contribution < -0.4 is 5.32 Å². The van der Waals surface area contributed by atoms with Gasteiger partial charge in [0.2, 0.25) is 5.89 Å². The van der Waals surface area contributed by atoms with Crippen LogP contribution in [0.25, 0.3) is 0 Å². The zero-order chi connectivity index (χ0) is 14.7. The van der Waals surface area contributed by atoms with Crippen molar-refractivity contribution < 1.29 is 9.26 Å². The standard InChI is InChI=1S/C16H21N3O2/c1-11-5-3-4-6-12(11)9-15-18-16(21-19-15)13-10-20-8-7-14(13)17-2/h3-6,13-14,17H,7-10H2,1-2H3. The first kappa shape index (κ1) is 14.2. The smallest absolute Gasteiger partial charge is 0.233 e. The van der Waals surface area contributed by atoms with Gasteiger partial charge < -0.3 is 14.6 Å². The molecule has 2 atom stereocenters. The Balaban J connectivity index is 1.75. The first-order valence-electron chi connectivity index (χ1n) is 7.40. The Labute approximate surface area is 124 Å². The van der Waals surface area contributed by atoms with Gasteiger partial charge in [-0.15, -0.1) is 0 Å². The van der Waals surface area contributed by atoms with Crippen molar-refractivity contribution in [2.75, 3.05) is 20.3 Å². The molecule has 1 aromatic heterocycles. The summed E-state index contributed by atoms with van der Waals surface area (Å²) in [5.41, 5.74) is 2.48. The Morgan fingerprint density at radius 3 is 3.00 bits per heavy atom. The normalized spacial score (nSPS) is 22.4. The van der Waals surface area contributed by atoms with Crippen molar-refractivity contribution >= 4 is 0 Å². The molecule has 3 rings (SSSR count). The molecule has 0 spiro atoms. The first-order chi connectivity index (χ1) is 10.3. The van der Waals surface area contributed by atoms with E-state index in [2.05, 4.69) is 34.5 Å². The van der Waals surface area contributed by atoms with Crippen LogP contribution in [0.1, 0.15) is 35.2 Å². The molecular formula is C16H21N3O2. The molecule has 1 saturated heterocycles. The summed E-state index contributed by atoms with van der Waals surface area (Å²) in [6.07, 6.45) is 1.67. The average molecular weight is 287 g/mol. The number of rotatable bonds is 4. The van der Waals surface area contributed by atoms with E-state index in [9.17, 15) is 0 Å². The topological polar surface area (TPSA) is 60.2 Å². The largest absolute Gasteiger partial charge is 0.381 e. The molecule has 1 aromatic carbocycles. The van der Waals surface area contributed by atoms with Crippen LogP contribution in [0.4, 0.5) is 0 Å². The fourth-order valence-electron chi connectivity index (χ4n) is 2.80. The van der Waals surface area contributed by atoms with Crippen LogP contribution in [-0.2, 0) is 11.2 Å². The number of aromatic nitrogens is 2. The average Bonchev–Trinajstić information content (AvgIpc) is 2.98. The highest BCUT2D eigenvalue weighted by molar-refractivity contribution is 5.28. The van der Waals surface area contributed by atoms with Crippen molar-refractivity contribution in [3.63, 3.8) is 0 Å². The summed E-state index contributed by atoms with van der Waals surface area (Å²) >= 11 is 0. The minimum Gasteiger partial charge on any atom is -0.381 e. The Morgan fingerprint density at radius 1 is 1.33 bits per heavy atom. The van der Waals surface area contributed by atoms with Crippen LogP contribution in [0.15, 0.2) is 28.8 Å². The summed E-state index contributed by atoms with van der Waals surface area (Å²) in [6.45, 7) is 3.52. The lowest BCUT2D eigenvalue weighted by molar-refractivity contribution is 0.0516. The maximum Gasteiger partial charge on any atom is 0.233 e. The summed E-state index contributed by atoms with van der Waals surface area (Å²) in [5, 5.41) is 7.44. The van der Waals surface area contributed by atoms with Crippen molar-refractivity contribution in [3.05, 3.63) is 47.1 Å². The molecule has 0 bridgehead atoms. The van der Waals surface area contributed by atoms with Crippen LogP contribution in [0, 0.1) is 6.92 Å². The second-order valence-electron chi connectivity index (χ2n) is 5.52. The summed E-state index contributed by atoms with van der Waals surface area (Å²) < 4.78 is 11.0. The molecule has 112 valence electrons. The van der Waals surface area contributed by atoms with Crippen LogP contribution in [0.2, 0.25) is 0 Å². The molecule has 5 nitrogen and oxygen atoms in total. The van der Waals surface area contributed by atoms with Crippen LogP contribution in [0.5, 0.6) is 0 Å². The fraction of sp³-hybridized carbons (Fsp3) is 0.500. The van der Waals surface area contributed by atoms with Crippen molar-refractivity contribution in [2.45, 2.75) is 31.7 Å². The molecule has 2 aromatic rings. The van der Waals surface area contributed by atoms with E-state index in [0.29, 0.717) is 25.0 Å². The lowest BCUT2D eigenvalue weighted by Crippen LogP contribution is -2.39. The summed E-state index contributed by atoms with van der Waals surface area (Å²) in [5.74, 6) is 1.55. The summed E-state index contributed by atoms with van der Waals surface area (Å²) in [7, 11) is 1.97. The molecule has 0 aliphatic carbocycles. The third kappa shape index (κ3) is 3.14. The number of benzene rings is 1. The van der Waals surface area contributed by atoms with E-state index >= 15 is 0 Å². The highest BCUT2D eigenvalue weighted by atomic mass is 16.5. The number of nitrogens with one attached hydrogen (secondary N) is 1. The van der Waals surface area contributed by atoms with Crippen molar-refractivity contribution in [1.29, 1.82) is 0 Å². The lowest BCUT2D eigenvalue weighted by atomic mass is 9.96. The predicted octanol–water partition coefficient (Wildman–Crippen LogP) is 2.06. The van der Waals surface area contributed by atoms with Crippen LogP contribution >= 0.6 is 0 Å². The molecule has 2 unspecified atom stereocenters. The van der Waals surface area contributed by atoms with Gasteiger partial charge in [-0.1, -0.05) is 29.4 Å². The molecule has 21 heavy (non-hydrogen) atoms. The molecular weight excluding hydrogens is 266 g/mol. The SMILES string of the molecule is CNC1CCOCC1c1nc(Cc2ccccc2C)no1. The Hall–Kier alpha value is -1.72. The van der Waals surface area contributed by atoms with Gasteiger partial charge in [0, 0.05) is 19.1 Å². The fourth-order valence-corrected chi connectivity index (χ4v) is 2.80. The molecule has 1 aliphatic rings. The zero-order valence-electron chi connectivity index (χ0n) is 12.5.